The van der Waals surface area contributed by atoms with Gasteiger partial charge < -0.3 is 10.1 Å². The molecule has 1 N–H and O–H groups in total. The van der Waals surface area contributed by atoms with Crippen LogP contribution in [0.15, 0.2) is 0 Å². The number of alkyl halides is 1. The Bertz CT molecular complexity index is 111. The van der Waals surface area contributed by atoms with Crippen LogP contribution in [0.1, 0.15) is 39.5 Å². The summed E-state index contributed by atoms with van der Waals surface area (Å²) < 4.78 is 5.45. The maximum atomic E-state index is 5.69. The summed E-state index contributed by atoms with van der Waals surface area (Å²) in [5.74, 6) is 0.738. The maximum Gasteiger partial charge on any atom is 0.0590 e. The molecular weight excluding hydrogens is 198 g/mol. The van der Waals surface area contributed by atoms with Crippen molar-refractivity contribution in [3.8, 4) is 0 Å². The van der Waals surface area contributed by atoms with Crippen LogP contribution < -0.4 is 5.32 Å². The molecule has 0 radical (unpaired) electrons. The summed E-state index contributed by atoms with van der Waals surface area (Å²) in [5, 5.41) is 3.44. The van der Waals surface area contributed by atoms with Crippen LogP contribution in [0.4, 0.5) is 0 Å². The Balaban J connectivity index is 3.15. The van der Waals surface area contributed by atoms with E-state index < -0.39 is 0 Å². The van der Waals surface area contributed by atoms with Crippen molar-refractivity contribution in [1.29, 1.82) is 0 Å². The van der Waals surface area contributed by atoms with Crippen LogP contribution in [-0.2, 0) is 4.74 Å². The van der Waals surface area contributed by atoms with E-state index in [9.17, 15) is 0 Å². The Kier molecular flexibility index (Phi) is 11.5. The molecule has 0 aliphatic rings. The van der Waals surface area contributed by atoms with Crippen molar-refractivity contribution < 1.29 is 4.74 Å². The minimum Gasteiger partial charge on any atom is -0.380 e. The predicted octanol–water partition coefficient (Wildman–Crippen LogP) is 2.80. The van der Waals surface area contributed by atoms with Crippen LogP contribution in [0.2, 0.25) is 0 Å². The average molecular weight is 222 g/mol. The van der Waals surface area contributed by atoms with Crippen LogP contribution in [0.5, 0.6) is 0 Å². The lowest BCUT2D eigenvalue weighted by Gasteiger charge is -2.15. The van der Waals surface area contributed by atoms with Crippen LogP contribution in [0.3, 0.4) is 0 Å². The standard InChI is InChI=1S/C11H24ClNO/c1-3-5-9-14-10-8-13-11(4-2)6-7-12/h11,13H,3-10H2,1-2H3. The SMILES string of the molecule is CCCCOCCNC(CC)CCCl. The zero-order valence-electron chi connectivity index (χ0n) is 9.52. The van der Waals surface area contributed by atoms with E-state index in [0.29, 0.717) is 6.04 Å². The molecule has 0 saturated carbocycles. The van der Waals surface area contributed by atoms with E-state index >= 15 is 0 Å². The number of hydrogen-bond donors (Lipinski definition) is 1. The average Bonchev–Trinajstić information content (AvgIpc) is 2.21. The lowest BCUT2D eigenvalue weighted by molar-refractivity contribution is 0.130. The van der Waals surface area contributed by atoms with Crippen LogP contribution in [-0.4, -0.2) is 31.7 Å². The van der Waals surface area contributed by atoms with E-state index in [0.717, 1.165) is 38.5 Å². The summed E-state index contributed by atoms with van der Waals surface area (Å²) in [6, 6.07) is 0.558. The lowest BCUT2D eigenvalue weighted by Crippen LogP contribution is -2.31. The van der Waals surface area contributed by atoms with Gasteiger partial charge in [-0.2, -0.15) is 0 Å². The van der Waals surface area contributed by atoms with Crippen molar-refractivity contribution in [1.82, 2.24) is 5.32 Å². The molecular formula is C11H24ClNO. The summed E-state index contributed by atoms with van der Waals surface area (Å²) in [5.41, 5.74) is 0. The van der Waals surface area contributed by atoms with Crippen molar-refractivity contribution in [3.63, 3.8) is 0 Å². The first-order valence-electron chi connectivity index (χ1n) is 5.72. The minimum atomic E-state index is 0.558. The third-order valence-electron chi connectivity index (χ3n) is 2.27. The molecule has 0 fully saturated rings. The highest BCUT2D eigenvalue weighted by molar-refractivity contribution is 6.17. The Morgan fingerprint density at radius 3 is 2.64 bits per heavy atom. The van der Waals surface area contributed by atoms with Gasteiger partial charge in [0.05, 0.1) is 6.61 Å². The van der Waals surface area contributed by atoms with Gasteiger partial charge in [0.15, 0.2) is 0 Å². The van der Waals surface area contributed by atoms with Gasteiger partial charge in [0.2, 0.25) is 0 Å². The fourth-order valence-corrected chi connectivity index (χ4v) is 1.53. The van der Waals surface area contributed by atoms with Gasteiger partial charge in [-0.05, 0) is 19.3 Å². The molecule has 0 aliphatic heterocycles. The molecule has 0 saturated heterocycles. The molecule has 0 aromatic rings. The molecule has 0 amide bonds. The van der Waals surface area contributed by atoms with Gasteiger partial charge in [-0.25, -0.2) is 0 Å². The molecule has 0 bridgehead atoms. The van der Waals surface area contributed by atoms with E-state index in [2.05, 4.69) is 19.2 Å². The molecule has 1 atom stereocenters. The summed E-state index contributed by atoms with van der Waals surface area (Å²) >= 11 is 5.69. The second kappa shape index (κ2) is 11.3. The van der Waals surface area contributed by atoms with Crippen molar-refractivity contribution in [2.75, 3.05) is 25.6 Å². The van der Waals surface area contributed by atoms with E-state index in [1.54, 1.807) is 0 Å². The second-order valence-electron chi connectivity index (χ2n) is 3.50. The van der Waals surface area contributed by atoms with Gasteiger partial charge in [-0.1, -0.05) is 20.3 Å². The topological polar surface area (TPSA) is 21.3 Å². The van der Waals surface area contributed by atoms with Gasteiger partial charge in [0.25, 0.3) is 0 Å². The van der Waals surface area contributed by atoms with E-state index in [4.69, 9.17) is 16.3 Å². The first kappa shape index (κ1) is 14.2. The molecule has 2 nitrogen and oxygen atoms in total. The summed E-state index contributed by atoms with van der Waals surface area (Å²) in [6.45, 7) is 7.01. The van der Waals surface area contributed by atoms with Gasteiger partial charge in [-0.15, -0.1) is 11.6 Å². The first-order chi connectivity index (χ1) is 6.85. The number of rotatable bonds is 10. The molecule has 3 heteroatoms. The third-order valence-corrected chi connectivity index (χ3v) is 2.49. The molecule has 0 heterocycles. The monoisotopic (exact) mass is 221 g/mol. The van der Waals surface area contributed by atoms with Crippen LogP contribution in [0, 0.1) is 0 Å². The number of halogens is 1. The van der Waals surface area contributed by atoms with Crippen molar-refractivity contribution in [2.24, 2.45) is 0 Å². The summed E-state index contributed by atoms with van der Waals surface area (Å²) in [6.07, 6.45) is 4.56. The van der Waals surface area contributed by atoms with E-state index in [1.165, 1.54) is 12.8 Å². The van der Waals surface area contributed by atoms with E-state index in [1.807, 2.05) is 0 Å². The number of unbranched alkanes of at least 4 members (excludes halogenated alkanes) is 1. The highest BCUT2D eigenvalue weighted by Crippen LogP contribution is 1.98. The molecule has 0 aromatic carbocycles. The number of nitrogens with one attached hydrogen (secondary N) is 1. The van der Waals surface area contributed by atoms with E-state index in [-0.39, 0.29) is 0 Å². The fourth-order valence-electron chi connectivity index (χ4n) is 1.27. The largest absolute Gasteiger partial charge is 0.380 e. The smallest absolute Gasteiger partial charge is 0.0590 e. The molecule has 0 aromatic heterocycles. The van der Waals surface area contributed by atoms with Gasteiger partial charge in [-0.3, -0.25) is 0 Å². The maximum absolute atomic E-state index is 5.69. The Morgan fingerprint density at radius 2 is 2.07 bits per heavy atom. The zero-order valence-corrected chi connectivity index (χ0v) is 10.3. The van der Waals surface area contributed by atoms with Crippen molar-refractivity contribution in [2.45, 2.75) is 45.6 Å². The Labute approximate surface area is 93.4 Å². The van der Waals surface area contributed by atoms with Gasteiger partial charge in [0.1, 0.15) is 0 Å². The predicted molar refractivity (Wildman–Crippen MR) is 63.1 cm³/mol. The first-order valence-corrected chi connectivity index (χ1v) is 6.25. The molecule has 0 spiro atoms. The summed E-state index contributed by atoms with van der Waals surface area (Å²) in [7, 11) is 0. The zero-order chi connectivity index (χ0) is 10.6. The van der Waals surface area contributed by atoms with Crippen LogP contribution in [0.25, 0.3) is 0 Å². The molecule has 1 unspecified atom stereocenters. The molecule has 14 heavy (non-hydrogen) atoms. The van der Waals surface area contributed by atoms with Crippen LogP contribution >= 0.6 is 11.6 Å². The quantitative estimate of drug-likeness (QED) is 0.453. The normalized spacial score (nSPS) is 13.1. The van der Waals surface area contributed by atoms with Gasteiger partial charge >= 0.3 is 0 Å². The lowest BCUT2D eigenvalue weighted by atomic mass is 10.2. The highest BCUT2D eigenvalue weighted by atomic mass is 35.5. The minimum absolute atomic E-state index is 0.558. The third kappa shape index (κ3) is 8.79. The number of ether oxygens (including phenoxy) is 1. The van der Waals surface area contributed by atoms with Crippen molar-refractivity contribution >= 4 is 11.6 Å². The Hall–Kier alpha value is 0.210. The fraction of sp³-hybridized carbons (Fsp3) is 1.00. The molecule has 0 rings (SSSR count). The summed E-state index contributed by atoms with van der Waals surface area (Å²) in [4.78, 5) is 0. The van der Waals surface area contributed by atoms with Gasteiger partial charge in [0, 0.05) is 25.1 Å². The second-order valence-corrected chi connectivity index (χ2v) is 3.88. The molecule has 86 valence electrons. The number of hydrogen-bond acceptors (Lipinski definition) is 2. The highest BCUT2D eigenvalue weighted by Gasteiger charge is 2.02. The Morgan fingerprint density at radius 1 is 1.29 bits per heavy atom. The molecule has 0 aliphatic carbocycles. The van der Waals surface area contributed by atoms with Crippen molar-refractivity contribution in [3.05, 3.63) is 0 Å².